The van der Waals surface area contributed by atoms with Crippen molar-refractivity contribution in [2.45, 2.75) is 37.4 Å². The van der Waals surface area contributed by atoms with Gasteiger partial charge in [0, 0.05) is 24.0 Å². The minimum Gasteiger partial charge on any atom is -0.275 e. The number of fused-ring (bicyclic) bond motifs is 1. The molecular weight excluding hydrogens is 500 g/mol. The van der Waals surface area contributed by atoms with Crippen LogP contribution in [-0.4, -0.2) is 40.2 Å². The molecule has 1 N–H and O–H groups in total. The number of hydrogen-bond donors (Lipinski definition) is 1. The van der Waals surface area contributed by atoms with Crippen LogP contribution in [0.2, 0.25) is 0 Å². The van der Waals surface area contributed by atoms with E-state index >= 15 is 0 Å². The number of nitrogens with one attached hydrogen (secondary N) is 1. The molecule has 0 saturated heterocycles. The molecule has 0 spiro atoms. The van der Waals surface area contributed by atoms with Crippen molar-refractivity contribution >= 4 is 20.9 Å². The Kier molecular flexibility index (Phi) is 6.50. The Morgan fingerprint density at radius 2 is 1.86 bits per heavy atom. The maximum Gasteiger partial charge on any atom is 0.404 e. The molecule has 0 unspecified atom stereocenters. The summed E-state index contributed by atoms with van der Waals surface area (Å²) < 4.78 is 81.1. The van der Waals surface area contributed by atoms with Gasteiger partial charge in [-0.3, -0.25) is 9.55 Å². The van der Waals surface area contributed by atoms with Crippen LogP contribution in [0.5, 0.6) is 0 Å². The fourth-order valence-electron chi connectivity index (χ4n) is 3.64. The molecule has 3 heterocycles. The van der Waals surface area contributed by atoms with E-state index in [2.05, 4.69) is 15.0 Å². The van der Waals surface area contributed by atoms with Gasteiger partial charge in [0.25, 0.3) is 0 Å². The normalized spacial score (nSPS) is 13.0. The van der Waals surface area contributed by atoms with Gasteiger partial charge in [0.05, 0.1) is 22.5 Å². The maximum absolute atomic E-state index is 14.6. The van der Waals surface area contributed by atoms with Crippen LogP contribution in [0.15, 0.2) is 53.8 Å². The highest BCUT2D eigenvalue weighted by Gasteiger charge is 2.39. The molecule has 0 amide bonds. The molecule has 3 aromatic heterocycles. The Morgan fingerprint density at radius 1 is 1.17 bits per heavy atom. The number of aryl methyl sites for hydroxylation is 1. The van der Waals surface area contributed by atoms with Gasteiger partial charge in [0.1, 0.15) is 22.8 Å². The zero-order valence-electron chi connectivity index (χ0n) is 18.9. The fraction of sp³-hybridized carbons (Fsp3) is 0.217. The molecule has 4 rings (SSSR count). The van der Waals surface area contributed by atoms with Crippen molar-refractivity contribution < 1.29 is 26.0 Å². The summed E-state index contributed by atoms with van der Waals surface area (Å²) in [5.74, 6) is -0.342. The van der Waals surface area contributed by atoms with Crippen molar-refractivity contribution in [1.29, 1.82) is 5.26 Å². The fourth-order valence-corrected chi connectivity index (χ4v) is 4.81. The Bertz CT molecular complexity index is 1580. The Labute approximate surface area is 203 Å². The van der Waals surface area contributed by atoms with Crippen molar-refractivity contribution in [1.82, 2.24) is 24.2 Å². The van der Waals surface area contributed by atoms with E-state index in [4.69, 9.17) is 0 Å². The average Bonchev–Trinajstić information content (AvgIpc) is 3.16. The molecule has 1 aromatic carbocycles. The first-order valence-electron chi connectivity index (χ1n) is 10.6. The van der Waals surface area contributed by atoms with Crippen LogP contribution in [0.25, 0.3) is 28.2 Å². The number of sulfonamides is 1. The van der Waals surface area contributed by atoms with Gasteiger partial charge in [0.15, 0.2) is 0 Å². The summed E-state index contributed by atoms with van der Waals surface area (Å²) in [6, 6.07) is 6.44. The van der Waals surface area contributed by atoms with Crippen molar-refractivity contribution in [3.05, 3.63) is 65.9 Å². The molecule has 0 aliphatic carbocycles. The summed E-state index contributed by atoms with van der Waals surface area (Å²) in [6.07, 6.45) is -0.553. The van der Waals surface area contributed by atoms with E-state index in [1.54, 1.807) is 23.8 Å². The number of nitriles is 1. The highest BCUT2D eigenvalue weighted by atomic mass is 32.2. The predicted molar refractivity (Wildman–Crippen MR) is 122 cm³/mol. The van der Waals surface area contributed by atoms with E-state index < -0.39 is 33.0 Å². The smallest absolute Gasteiger partial charge is 0.275 e. The molecule has 0 aliphatic heterocycles. The van der Waals surface area contributed by atoms with Crippen molar-refractivity contribution in [2.75, 3.05) is 0 Å². The first kappa shape index (κ1) is 25.2. The summed E-state index contributed by atoms with van der Waals surface area (Å²) in [5, 5.41) is 10.2. The number of aromatic nitrogens is 4. The standard InChI is InChI=1S/C23H18F4N6O2S/c1-3-14-9-20-16(10-18(14)24)17(11-28)21(33(20)22-29-7-4-8-30-22)19-6-5-15(12-31-19)36(34,35)32-13(2)23(25,26)27/h4-10,12-13,32H,3H2,1-2H3/t13-/m1/s1. The number of hydrogen-bond acceptors (Lipinski definition) is 6. The maximum atomic E-state index is 14.6. The molecule has 0 bridgehead atoms. The summed E-state index contributed by atoms with van der Waals surface area (Å²) in [4.78, 5) is 12.1. The minimum atomic E-state index is -4.77. The van der Waals surface area contributed by atoms with E-state index in [0.717, 1.165) is 12.3 Å². The molecule has 0 aliphatic rings. The van der Waals surface area contributed by atoms with Crippen LogP contribution in [-0.2, 0) is 16.4 Å². The highest BCUT2D eigenvalue weighted by Crippen LogP contribution is 2.36. The zero-order chi connectivity index (χ0) is 26.3. The van der Waals surface area contributed by atoms with Gasteiger partial charge in [-0.15, -0.1) is 0 Å². The second-order valence-corrected chi connectivity index (χ2v) is 9.51. The van der Waals surface area contributed by atoms with Crippen LogP contribution >= 0.6 is 0 Å². The molecule has 0 radical (unpaired) electrons. The first-order valence-corrected chi connectivity index (χ1v) is 12.1. The summed E-state index contributed by atoms with van der Waals surface area (Å²) in [6.45, 7) is 2.46. The lowest BCUT2D eigenvalue weighted by molar-refractivity contribution is -0.147. The van der Waals surface area contributed by atoms with Crippen LogP contribution < -0.4 is 4.72 Å². The molecular formula is C23H18F4N6O2S. The van der Waals surface area contributed by atoms with Gasteiger partial charge < -0.3 is 0 Å². The predicted octanol–water partition coefficient (Wildman–Crippen LogP) is 4.28. The van der Waals surface area contributed by atoms with Gasteiger partial charge in [-0.2, -0.15) is 23.2 Å². The third-order valence-corrected chi connectivity index (χ3v) is 7.02. The Morgan fingerprint density at radius 3 is 2.42 bits per heavy atom. The third kappa shape index (κ3) is 4.52. The molecule has 1 atom stereocenters. The summed E-state index contributed by atoms with van der Waals surface area (Å²) >= 11 is 0. The van der Waals surface area contributed by atoms with Gasteiger partial charge >= 0.3 is 6.18 Å². The van der Waals surface area contributed by atoms with E-state index in [1.165, 1.54) is 29.1 Å². The van der Waals surface area contributed by atoms with E-state index in [-0.39, 0.29) is 28.3 Å². The topological polar surface area (TPSA) is 114 Å². The van der Waals surface area contributed by atoms with Crippen molar-refractivity contribution in [2.24, 2.45) is 0 Å². The largest absolute Gasteiger partial charge is 0.404 e. The monoisotopic (exact) mass is 518 g/mol. The Hall–Kier alpha value is -3.89. The molecule has 8 nitrogen and oxygen atoms in total. The number of rotatable bonds is 6. The molecule has 36 heavy (non-hydrogen) atoms. The van der Waals surface area contributed by atoms with E-state index in [0.29, 0.717) is 24.4 Å². The quantitative estimate of drug-likeness (QED) is 0.381. The number of benzene rings is 1. The first-order chi connectivity index (χ1) is 17.0. The molecule has 13 heteroatoms. The molecule has 4 aromatic rings. The van der Waals surface area contributed by atoms with Gasteiger partial charge in [-0.1, -0.05) is 6.92 Å². The van der Waals surface area contributed by atoms with Crippen LogP contribution in [0.4, 0.5) is 17.6 Å². The number of nitrogens with zero attached hydrogens (tertiary/aromatic N) is 5. The lowest BCUT2D eigenvalue weighted by Crippen LogP contribution is -2.42. The zero-order valence-corrected chi connectivity index (χ0v) is 19.7. The number of pyridine rings is 1. The molecule has 0 saturated carbocycles. The summed E-state index contributed by atoms with van der Waals surface area (Å²) in [7, 11) is -4.54. The SMILES string of the molecule is CCc1cc2c(cc1F)c(C#N)c(-c1ccc(S(=O)(=O)N[C@H](C)C(F)(F)F)cn1)n2-c1ncccn1. The van der Waals surface area contributed by atoms with Crippen LogP contribution in [0.3, 0.4) is 0 Å². The van der Waals surface area contributed by atoms with Gasteiger partial charge in [0.2, 0.25) is 16.0 Å². The number of alkyl halides is 3. The Balaban J connectivity index is 1.91. The minimum absolute atomic E-state index is 0.0472. The summed E-state index contributed by atoms with van der Waals surface area (Å²) in [5.41, 5.74) is 1.16. The highest BCUT2D eigenvalue weighted by molar-refractivity contribution is 7.89. The third-order valence-electron chi connectivity index (χ3n) is 5.49. The molecule has 0 fully saturated rings. The molecule has 186 valence electrons. The van der Waals surface area contributed by atoms with Crippen LogP contribution in [0.1, 0.15) is 25.0 Å². The lowest BCUT2D eigenvalue weighted by atomic mass is 10.1. The van der Waals surface area contributed by atoms with Gasteiger partial charge in [-0.05, 0) is 49.2 Å². The second-order valence-electron chi connectivity index (χ2n) is 7.80. The van der Waals surface area contributed by atoms with Crippen molar-refractivity contribution in [3.8, 4) is 23.4 Å². The second kappa shape index (κ2) is 9.29. The van der Waals surface area contributed by atoms with Crippen molar-refractivity contribution in [3.63, 3.8) is 0 Å². The lowest BCUT2D eigenvalue weighted by Gasteiger charge is -2.17. The average molecular weight is 518 g/mol. The number of halogens is 4. The van der Waals surface area contributed by atoms with E-state index in [1.807, 2.05) is 6.07 Å². The van der Waals surface area contributed by atoms with Gasteiger partial charge in [-0.25, -0.2) is 22.8 Å². The van der Waals surface area contributed by atoms with E-state index in [9.17, 15) is 31.2 Å². The van der Waals surface area contributed by atoms with Crippen LogP contribution in [0, 0.1) is 17.1 Å².